The fourth-order valence-electron chi connectivity index (χ4n) is 3.01. The first-order valence-electron chi connectivity index (χ1n) is 8.15. The molecule has 1 heterocycles. The first-order chi connectivity index (χ1) is 10.7. The summed E-state index contributed by atoms with van der Waals surface area (Å²) in [6.07, 6.45) is 3.03. The molecule has 0 radical (unpaired) electrons. The Hall–Kier alpha value is -1.39. The molecule has 0 aliphatic carbocycles. The molecular formula is C18H27NO3. The van der Waals surface area contributed by atoms with E-state index in [2.05, 4.69) is 36.5 Å². The molecule has 2 rings (SSSR count). The zero-order valence-electron chi connectivity index (χ0n) is 13.8. The maximum atomic E-state index is 11.7. The van der Waals surface area contributed by atoms with Crippen LogP contribution in [0.5, 0.6) is 0 Å². The van der Waals surface area contributed by atoms with E-state index in [-0.39, 0.29) is 18.1 Å². The van der Waals surface area contributed by atoms with Crippen molar-refractivity contribution >= 4 is 5.97 Å². The Labute approximate surface area is 133 Å². The second-order valence-electron chi connectivity index (χ2n) is 6.00. The molecule has 1 aromatic carbocycles. The number of aryl methyl sites for hydroxylation is 1. The molecule has 0 aromatic heterocycles. The van der Waals surface area contributed by atoms with E-state index in [0.717, 1.165) is 32.4 Å². The van der Waals surface area contributed by atoms with Gasteiger partial charge in [0.2, 0.25) is 0 Å². The van der Waals surface area contributed by atoms with Gasteiger partial charge in [-0.25, -0.2) is 0 Å². The van der Waals surface area contributed by atoms with E-state index in [1.807, 2.05) is 6.92 Å². The first kappa shape index (κ1) is 17.0. The summed E-state index contributed by atoms with van der Waals surface area (Å²) in [5.74, 6) is 0.196. The lowest BCUT2D eigenvalue weighted by atomic mass is 9.89. The highest BCUT2D eigenvalue weighted by atomic mass is 16.5. The van der Waals surface area contributed by atoms with E-state index in [9.17, 15) is 4.79 Å². The molecule has 3 unspecified atom stereocenters. The van der Waals surface area contributed by atoms with Gasteiger partial charge in [0, 0.05) is 19.1 Å². The lowest BCUT2D eigenvalue weighted by Crippen LogP contribution is -2.42. The summed E-state index contributed by atoms with van der Waals surface area (Å²) in [6, 6.07) is 8.32. The number of carbonyl (C=O) groups is 1. The molecule has 0 spiro atoms. The fourth-order valence-corrected chi connectivity index (χ4v) is 3.01. The average molecular weight is 305 g/mol. The van der Waals surface area contributed by atoms with Crippen molar-refractivity contribution in [3.05, 3.63) is 35.4 Å². The van der Waals surface area contributed by atoms with Gasteiger partial charge < -0.3 is 14.8 Å². The van der Waals surface area contributed by atoms with Crippen LogP contribution in [0.1, 0.15) is 43.4 Å². The predicted octanol–water partition coefficient (Wildman–Crippen LogP) is 3.00. The minimum Gasteiger partial charge on any atom is -0.468 e. The molecule has 0 bridgehead atoms. The van der Waals surface area contributed by atoms with E-state index >= 15 is 0 Å². The third kappa shape index (κ3) is 4.31. The third-order valence-corrected chi connectivity index (χ3v) is 4.37. The van der Waals surface area contributed by atoms with Crippen LogP contribution in [0.3, 0.4) is 0 Å². The Morgan fingerprint density at radius 2 is 2.14 bits per heavy atom. The zero-order chi connectivity index (χ0) is 15.9. The van der Waals surface area contributed by atoms with E-state index < -0.39 is 0 Å². The molecule has 3 atom stereocenters. The van der Waals surface area contributed by atoms with Gasteiger partial charge in [0.05, 0.1) is 13.2 Å². The summed E-state index contributed by atoms with van der Waals surface area (Å²) < 4.78 is 10.8. The molecule has 122 valence electrons. The Balaban J connectivity index is 2.00. The highest BCUT2D eigenvalue weighted by Gasteiger charge is 2.28. The van der Waals surface area contributed by atoms with Crippen LogP contribution in [0.2, 0.25) is 0 Å². The standard InChI is InChI=1S/C18H27NO3/c1-4-16(18(20)21-3)19-12-15-6-5-11-22-17(15)14-9-7-13(2)8-10-14/h7-10,15-17,19H,4-6,11-12H2,1-3H3. The van der Waals surface area contributed by atoms with Gasteiger partial charge in [0.1, 0.15) is 6.04 Å². The van der Waals surface area contributed by atoms with Gasteiger partial charge >= 0.3 is 5.97 Å². The number of methoxy groups -OCH3 is 1. The van der Waals surface area contributed by atoms with Gasteiger partial charge in [0.25, 0.3) is 0 Å². The predicted molar refractivity (Wildman–Crippen MR) is 86.7 cm³/mol. The van der Waals surface area contributed by atoms with Crippen LogP contribution in [-0.4, -0.2) is 32.3 Å². The van der Waals surface area contributed by atoms with Crippen LogP contribution in [0, 0.1) is 12.8 Å². The summed E-state index contributed by atoms with van der Waals surface area (Å²) in [5.41, 5.74) is 2.48. The zero-order valence-corrected chi connectivity index (χ0v) is 13.8. The van der Waals surface area contributed by atoms with Crippen LogP contribution < -0.4 is 5.32 Å². The molecule has 22 heavy (non-hydrogen) atoms. The first-order valence-corrected chi connectivity index (χ1v) is 8.15. The van der Waals surface area contributed by atoms with Crippen molar-refractivity contribution < 1.29 is 14.3 Å². The molecule has 1 aliphatic rings. The second-order valence-corrected chi connectivity index (χ2v) is 6.00. The maximum absolute atomic E-state index is 11.7. The number of carbonyl (C=O) groups excluding carboxylic acids is 1. The van der Waals surface area contributed by atoms with Crippen molar-refractivity contribution in [2.24, 2.45) is 5.92 Å². The van der Waals surface area contributed by atoms with Crippen molar-refractivity contribution in [1.82, 2.24) is 5.32 Å². The lowest BCUT2D eigenvalue weighted by Gasteiger charge is -2.33. The normalized spacial score (nSPS) is 23.0. The SMILES string of the molecule is CCC(NCC1CCCOC1c1ccc(C)cc1)C(=O)OC. The summed E-state index contributed by atoms with van der Waals surface area (Å²) in [7, 11) is 1.44. The van der Waals surface area contributed by atoms with Gasteiger partial charge in [-0.3, -0.25) is 4.79 Å². The smallest absolute Gasteiger partial charge is 0.322 e. The molecule has 0 amide bonds. The number of hydrogen-bond acceptors (Lipinski definition) is 4. The number of nitrogens with one attached hydrogen (secondary N) is 1. The Morgan fingerprint density at radius 1 is 1.41 bits per heavy atom. The third-order valence-electron chi connectivity index (χ3n) is 4.37. The summed E-state index contributed by atoms with van der Waals surface area (Å²) in [4.78, 5) is 11.7. The van der Waals surface area contributed by atoms with E-state index in [1.165, 1.54) is 18.2 Å². The van der Waals surface area contributed by atoms with Crippen molar-refractivity contribution in [2.45, 2.75) is 45.3 Å². The molecule has 1 aliphatic heterocycles. The van der Waals surface area contributed by atoms with Gasteiger partial charge in [-0.2, -0.15) is 0 Å². The second kappa shape index (κ2) is 8.30. The highest BCUT2D eigenvalue weighted by molar-refractivity contribution is 5.75. The van der Waals surface area contributed by atoms with E-state index in [4.69, 9.17) is 9.47 Å². The number of benzene rings is 1. The van der Waals surface area contributed by atoms with E-state index in [1.54, 1.807) is 0 Å². The van der Waals surface area contributed by atoms with E-state index in [0.29, 0.717) is 5.92 Å². The van der Waals surface area contributed by atoms with Crippen LogP contribution >= 0.6 is 0 Å². The van der Waals surface area contributed by atoms with Crippen LogP contribution in [-0.2, 0) is 14.3 Å². The van der Waals surface area contributed by atoms with Crippen molar-refractivity contribution in [2.75, 3.05) is 20.3 Å². The van der Waals surface area contributed by atoms with Crippen LogP contribution in [0.25, 0.3) is 0 Å². The Bertz CT molecular complexity index is 472. The van der Waals surface area contributed by atoms with Gasteiger partial charge in [-0.05, 0) is 31.7 Å². The molecule has 0 saturated carbocycles. The average Bonchev–Trinajstić information content (AvgIpc) is 2.56. The molecule has 1 saturated heterocycles. The fraction of sp³-hybridized carbons (Fsp3) is 0.611. The van der Waals surface area contributed by atoms with Crippen LogP contribution in [0.15, 0.2) is 24.3 Å². The van der Waals surface area contributed by atoms with Gasteiger partial charge in [0.15, 0.2) is 0 Å². The summed E-state index contributed by atoms with van der Waals surface area (Å²) in [6.45, 7) is 5.66. The minimum atomic E-state index is -0.231. The van der Waals surface area contributed by atoms with Gasteiger partial charge in [-0.1, -0.05) is 36.8 Å². The van der Waals surface area contributed by atoms with Crippen molar-refractivity contribution in [3.63, 3.8) is 0 Å². The highest BCUT2D eigenvalue weighted by Crippen LogP contribution is 2.33. The quantitative estimate of drug-likeness (QED) is 0.821. The molecule has 4 heteroatoms. The number of ether oxygens (including phenoxy) is 2. The Kier molecular flexibility index (Phi) is 6.40. The summed E-state index contributed by atoms with van der Waals surface area (Å²) in [5, 5.41) is 3.35. The van der Waals surface area contributed by atoms with Gasteiger partial charge in [-0.15, -0.1) is 0 Å². The molecular weight excluding hydrogens is 278 g/mol. The maximum Gasteiger partial charge on any atom is 0.322 e. The molecule has 4 nitrogen and oxygen atoms in total. The Morgan fingerprint density at radius 3 is 2.77 bits per heavy atom. The minimum absolute atomic E-state index is 0.108. The van der Waals surface area contributed by atoms with Crippen molar-refractivity contribution in [1.29, 1.82) is 0 Å². The van der Waals surface area contributed by atoms with Crippen LogP contribution in [0.4, 0.5) is 0 Å². The molecule has 1 N–H and O–H groups in total. The number of hydrogen-bond donors (Lipinski definition) is 1. The van der Waals surface area contributed by atoms with Crippen molar-refractivity contribution in [3.8, 4) is 0 Å². The number of esters is 1. The largest absolute Gasteiger partial charge is 0.468 e. The monoisotopic (exact) mass is 305 g/mol. The molecule has 1 fully saturated rings. The lowest BCUT2D eigenvalue weighted by molar-refractivity contribution is -0.143. The topological polar surface area (TPSA) is 47.6 Å². The molecule has 1 aromatic rings. The number of rotatable bonds is 6. The summed E-state index contributed by atoms with van der Waals surface area (Å²) >= 11 is 0.